The van der Waals surface area contributed by atoms with Crippen LogP contribution in [0.25, 0.3) is 6.08 Å². The van der Waals surface area contributed by atoms with Crippen LogP contribution in [0.15, 0.2) is 67.2 Å². The molecule has 3 aromatic rings. The molecule has 1 aliphatic rings. The number of benzene rings is 3. The molecule has 1 aliphatic heterocycles. The topological polar surface area (TPSA) is 65.6 Å². The van der Waals surface area contributed by atoms with Crippen LogP contribution in [0.3, 0.4) is 0 Å². The first-order chi connectivity index (χ1) is 15.5. The first-order valence-corrected chi connectivity index (χ1v) is 9.95. The summed E-state index contributed by atoms with van der Waals surface area (Å²) < 4.78 is 33.1. The number of hydrazine groups is 2. The number of carbonyl (C=O) groups excluding carboxylic acids is 1. The maximum atomic E-state index is 13.8. The molecule has 0 spiro atoms. The van der Waals surface area contributed by atoms with Gasteiger partial charge in [0.2, 0.25) is 0 Å². The van der Waals surface area contributed by atoms with Gasteiger partial charge in [0.25, 0.3) is 5.91 Å². The minimum absolute atomic E-state index is 0.0179. The van der Waals surface area contributed by atoms with E-state index in [9.17, 15) is 13.6 Å². The molecule has 1 atom stereocenters. The Kier molecular flexibility index (Phi) is 6.16. The number of hydrogen-bond donors (Lipinski definition) is 3. The first-order valence-electron chi connectivity index (χ1n) is 9.95. The summed E-state index contributed by atoms with van der Waals surface area (Å²) in [6.45, 7) is 4.45. The maximum Gasteiger partial charge on any atom is 0.261 e. The highest BCUT2D eigenvalue weighted by Gasteiger charge is 2.27. The van der Waals surface area contributed by atoms with Gasteiger partial charge in [0.1, 0.15) is 22.9 Å². The predicted molar refractivity (Wildman–Crippen MR) is 120 cm³/mol. The highest BCUT2D eigenvalue weighted by atomic mass is 19.1. The molecular weight excluding hydrogens is 414 g/mol. The van der Waals surface area contributed by atoms with Gasteiger partial charge in [0, 0.05) is 17.8 Å². The number of halogens is 2. The lowest BCUT2D eigenvalue weighted by Crippen LogP contribution is -2.36. The zero-order chi connectivity index (χ0) is 22.7. The molecule has 0 saturated carbocycles. The van der Waals surface area contributed by atoms with Gasteiger partial charge < -0.3 is 10.1 Å². The van der Waals surface area contributed by atoms with Crippen molar-refractivity contribution >= 4 is 23.4 Å². The van der Waals surface area contributed by atoms with Gasteiger partial charge in [-0.25, -0.2) is 14.2 Å². The lowest BCUT2D eigenvalue weighted by Gasteiger charge is -2.26. The Morgan fingerprint density at radius 1 is 1.16 bits per heavy atom. The van der Waals surface area contributed by atoms with Gasteiger partial charge in [0.15, 0.2) is 0 Å². The van der Waals surface area contributed by atoms with Crippen LogP contribution < -0.4 is 26.0 Å². The van der Waals surface area contributed by atoms with Gasteiger partial charge >= 0.3 is 0 Å². The fourth-order valence-electron chi connectivity index (χ4n) is 3.63. The normalized spacial score (nSPS) is 15.5. The molecule has 32 heavy (non-hydrogen) atoms. The van der Waals surface area contributed by atoms with Gasteiger partial charge in [-0.15, -0.1) is 0 Å². The Morgan fingerprint density at radius 2 is 1.88 bits per heavy atom. The summed E-state index contributed by atoms with van der Waals surface area (Å²) in [5.41, 5.74) is 8.84. The van der Waals surface area contributed by atoms with E-state index in [4.69, 9.17) is 4.74 Å². The Balaban J connectivity index is 1.52. The molecule has 0 aromatic heterocycles. The van der Waals surface area contributed by atoms with Crippen molar-refractivity contribution in [1.82, 2.24) is 11.0 Å². The minimum atomic E-state index is -0.910. The molecule has 3 N–H and O–H groups in total. The van der Waals surface area contributed by atoms with Crippen molar-refractivity contribution in [1.29, 1.82) is 0 Å². The molecule has 0 bridgehead atoms. The van der Waals surface area contributed by atoms with Crippen LogP contribution in [-0.4, -0.2) is 19.6 Å². The minimum Gasteiger partial charge on any atom is -0.496 e. The fourth-order valence-corrected chi connectivity index (χ4v) is 3.63. The summed E-state index contributed by atoms with van der Waals surface area (Å²) in [5, 5.41) is 4.48. The molecule has 1 fully saturated rings. The van der Waals surface area contributed by atoms with Gasteiger partial charge in [-0.1, -0.05) is 30.9 Å². The molecule has 6 nitrogen and oxygen atoms in total. The number of methoxy groups -OCH3 is 1. The molecule has 1 unspecified atom stereocenters. The Morgan fingerprint density at radius 3 is 2.53 bits per heavy atom. The van der Waals surface area contributed by atoms with Crippen molar-refractivity contribution in [2.45, 2.75) is 6.04 Å². The van der Waals surface area contributed by atoms with Gasteiger partial charge in [-0.2, -0.15) is 5.53 Å². The quantitative estimate of drug-likeness (QED) is 0.533. The number of anilines is 2. The van der Waals surface area contributed by atoms with Crippen LogP contribution in [0.5, 0.6) is 5.75 Å². The Bertz CT molecular complexity index is 1130. The average Bonchev–Trinajstić information content (AvgIpc) is 3.29. The molecule has 0 aliphatic carbocycles. The third-order valence-corrected chi connectivity index (χ3v) is 5.26. The van der Waals surface area contributed by atoms with E-state index in [1.807, 2.05) is 23.2 Å². The van der Waals surface area contributed by atoms with Crippen molar-refractivity contribution in [3.05, 3.63) is 95.6 Å². The van der Waals surface area contributed by atoms with Crippen molar-refractivity contribution in [2.75, 3.05) is 24.0 Å². The van der Waals surface area contributed by atoms with Gasteiger partial charge in [0.05, 0.1) is 18.8 Å². The van der Waals surface area contributed by atoms with Crippen molar-refractivity contribution in [3.63, 3.8) is 0 Å². The van der Waals surface area contributed by atoms with Crippen LogP contribution in [0.1, 0.15) is 27.5 Å². The first kappa shape index (κ1) is 21.5. The summed E-state index contributed by atoms with van der Waals surface area (Å²) >= 11 is 0. The number of hydrogen-bond acceptors (Lipinski definition) is 5. The summed E-state index contributed by atoms with van der Waals surface area (Å²) in [4.78, 5) is 12.3. The maximum absolute atomic E-state index is 13.8. The van der Waals surface area contributed by atoms with E-state index >= 15 is 0 Å². The highest BCUT2D eigenvalue weighted by molar-refractivity contribution is 6.04. The van der Waals surface area contributed by atoms with Crippen LogP contribution in [-0.2, 0) is 0 Å². The van der Waals surface area contributed by atoms with Gasteiger partial charge in [-0.3, -0.25) is 9.80 Å². The SMILES string of the molecule is C=Cc1ccc(C2CNNN2c2ccc(NC(=O)c3c(F)cccc3F)cc2)cc1OC. The molecule has 1 amide bonds. The number of carbonyl (C=O) groups is 1. The summed E-state index contributed by atoms with van der Waals surface area (Å²) in [7, 11) is 1.62. The van der Waals surface area contributed by atoms with Crippen LogP contribution in [0.4, 0.5) is 20.2 Å². The van der Waals surface area contributed by atoms with E-state index < -0.39 is 23.1 Å². The summed E-state index contributed by atoms with van der Waals surface area (Å²) in [6, 6.07) is 16.2. The molecule has 4 rings (SSSR count). The second kappa shape index (κ2) is 9.17. The monoisotopic (exact) mass is 436 g/mol. The summed E-state index contributed by atoms with van der Waals surface area (Å²) in [6.07, 6.45) is 1.74. The number of nitrogens with one attached hydrogen (secondary N) is 3. The number of ether oxygens (including phenoxy) is 1. The number of nitrogens with zero attached hydrogens (tertiary/aromatic N) is 1. The lowest BCUT2D eigenvalue weighted by atomic mass is 10.0. The van der Waals surface area contributed by atoms with Crippen molar-refractivity contribution in [2.24, 2.45) is 0 Å². The molecule has 3 aromatic carbocycles. The second-order valence-electron chi connectivity index (χ2n) is 7.18. The van der Waals surface area contributed by atoms with Crippen LogP contribution in [0, 0.1) is 11.6 Å². The van der Waals surface area contributed by atoms with E-state index in [2.05, 4.69) is 22.9 Å². The largest absolute Gasteiger partial charge is 0.496 e. The average molecular weight is 436 g/mol. The van der Waals surface area contributed by atoms with Gasteiger partial charge in [-0.05, 0) is 48.0 Å². The molecule has 164 valence electrons. The van der Waals surface area contributed by atoms with E-state index in [1.54, 1.807) is 37.5 Å². The molecule has 1 saturated heterocycles. The van der Waals surface area contributed by atoms with E-state index in [-0.39, 0.29) is 6.04 Å². The van der Waals surface area contributed by atoms with Crippen molar-refractivity contribution in [3.8, 4) is 5.75 Å². The smallest absolute Gasteiger partial charge is 0.261 e. The third-order valence-electron chi connectivity index (χ3n) is 5.26. The Labute approximate surface area is 184 Å². The second-order valence-corrected chi connectivity index (χ2v) is 7.18. The van der Waals surface area contributed by atoms with Crippen LogP contribution >= 0.6 is 0 Å². The zero-order valence-electron chi connectivity index (χ0n) is 17.4. The highest BCUT2D eigenvalue weighted by Crippen LogP contribution is 2.32. The third kappa shape index (κ3) is 4.18. The Hall–Kier alpha value is -3.75. The van der Waals surface area contributed by atoms with Crippen molar-refractivity contribution < 1.29 is 18.3 Å². The van der Waals surface area contributed by atoms with E-state index in [0.29, 0.717) is 12.2 Å². The number of rotatable bonds is 6. The lowest BCUT2D eigenvalue weighted by molar-refractivity contribution is 0.101. The molecule has 8 heteroatoms. The standard InChI is InChI=1S/C24H22F2N4O2/c1-3-15-7-8-16(13-22(15)32-2)21-14-27-29-30(21)18-11-9-17(10-12-18)28-24(31)23-19(25)5-4-6-20(23)26/h3-13,21,27,29H,1,14H2,2H3,(H,28,31). The molecule has 0 radical (unpaired) electrons. The zero-order valence-corrected chi connectivity index (χ0v) is 17.4. The van der Waals surface area contributed by atoms with E-state index in [0.717, 1.165) is 34.7 Å². The molecular formula is C24H22F2N4O2. The van der Waals surface area contributed by atoms with E-state index in [1.165, 1.54) is 6.07 Å². The molecule has 1 heterocycles. The predicted octanol–water partition coefficient (Wildman–Crippen LogP) is 4.44. The summed E-state index contributed by atoms with van der Waals surface area (Å²) in [5.74, 6) is -1.93. The van der Waals surface area contributed by atoms with Crippen LogP contribution in [0.2, 0.25) is 0 Å². The fraction of sp³-hybridized carbons (Fsp3) is 0.125. The number of amides is 1.